The van der Waals surface area contributed by atoms with Crippen LogP contribution in [-0.4, -0.2) is 19.0 Å². The smallest absolute Gasteiger partial charge is 0.341 e. The fourth-order valence-corrected chi connectivity index (χ4v) is 5.02. The number of nitrogens with one attached hydrogen (secondary N) is 1. The van der Waals surface area contributed by atoms with E-state index in [1.54, 1.807) is 0 Å². The monoisotopic (exact) mass is 371 g/mol. The van der Waals surface area contributed by atoms with Crippen LogP contribution in [-0.2, 0) is 22.4 Å². The molecule has 3 rings (SSSR count). The lowest BCUT2D eigenvalue weighted by Crippen LogP contribution is -2.21. The number of ether oxygens (including phenoxy) is 1. The molecule has 1 amide bonds. The van der Waals surface area contributed by atoms with E-state index in [-0.39, 0.29) is 17.8 Å². The standard InChI is InChI=1S/C21H25NO3S/c1-4-15(14-8-6-5-7-9-14)19(23)22-20-18(21(24)25-3)16-11-10-13(2)12-17(16)26-20/h5-9,13,15H,4,10-12H2,1-3H3,(H,22,23). The number of rotatable bonds is 5. The lowest BCUT2D eigenvalue weighted by molar-refractivity contribution is -0.117. The van der Waals surface area contributed by atoms with Crippen LogP contribution in [0.4, 0.5) is 5.00 Å². The molecule has 1 N–H and O–H groups in total. The van der Waals surface area contributed by atoms with Gasteiger partial charge in [-0.1, -0.05) is 44.2 Å². The first-order valence-corrected chi connectivity index (χ1v) is 9.95. The molecule has 26 heavy (non-hydrogen) atoms. The molecule has 5 heteroatoms. The van der Waals surface area contributed by atoms with Gasteiger partial charge in [-0.3, -0.25) is 4.79 Å². The van der Waals surface area contributed by atoms with Crippen molar-refractivity contribution in [3.8, 4) is 0 Å². The van der Waals surface area contributed by atoms with Gasteiger partial charge in [0.1, 0.15) is 5.00 Å². The average molecular weight is 372 g/mol. The third-order valence-electron chi connectivity index (χ3n) is 5.06. The highest BCUT2D eigenvalue weighted by molar-refractivity contribution is 7.17. The second-order valence-corrected chi connectivity index (χ2v) is 8.01. The highest BCUT2D eigenvalue weighted by Crippen LogP contribution is 2.40. The molecule has 1 aromatic carbocycles. The van der Waals surface area contributed by atoms with Crippen LogP contribution < -0.4 is 5.32 Å². The van der Waals surface area contributed by atoms with Gasteiger partial charge in [0.25, 0.3) is 0 Å². The summed E-state index contributed by atoms with van der Waals surface area (Å²) >= 11 is 1.53. The third kappa shape index (κ3) is 3.68. The van der Waals surface area contributed by atoms with E-state index in [2.05, 4.69) is 12.2 Å². The quantitative estimate of drug-likeness (QED) is 0.769. The van der Waals surface area contributed by atoms with E-state index in [1.165, 1.54) is 23.3 Å². The number of carbonyl (C=O) groups excluding carboxylic acids is 2. The Labute approximate surface area is 158 Å². The number of hydrogen-bond acceptors (Lipinski definition) is 4. The maximum atomic E-state index is 12.9. The van der Waals surface area contributed by atoms with Crippen molar-refractivity contribution in [3.05, 3.63) is 51.9 Å². The maximum Gasteiger partial charge on any atom is 0.341 e. The molecule has 2 aromatic rings. The third-order valence-corrected chi connectivity index (χ3v) is 6.23. The summed E-state index contributed by atoms with van der Waals surface area (Å²) in [6, 6.07) is 9.76. The van der Waals surface area contributed by atoms with Gasteiger partial charge < -0.3 is 10.1 Å². The fourth-order valence-electron chi connectivity index (χ4n) is 3.61. The van der Waals surface area contributed by atoms with Crippen LogP contribution in [0, 0.1) is 5.92 Å². The first-order chi connectivity index (χ1) is 12.5. The Bertz CT molecular complexity index is 797. The fraction of sp³-hybridized carbons (Fsp3) is 0.429. The summed E-state index contributed by atoms with van der Waals surface area (Å²) < 4.78 is 5.00. The summed E-state index contributed by atoms with van der Waals surface area (Å²) in [4.78, 5) is 26.5. The van der Waals surface area contributed by atoms with Gasteiger partial charge in [-0.25, -0.2) is 4.79 Å². The SMILES string of the molecule is CCC(C(=O)Nc1sc2c(c1C(=O)OC)CCC(C)C2)c1ccccc1. The van der Waals surface area contributed by atoms with Crippen molar-refractivity contribution >= 4 is 28.2 Å². The highest BCUT2D eigenvalue weighted by atomic mass is 32.1. The minimum Gasteiger partial charge on any atom is -0.465 e. The second-order valence-electron chi connectivity index (χ2n) is 6.91. The van der Waals surface area contributed by atoms with Crippen LogP contribution in [0.2, 0.25) is 0 Å². The maximum absolute atomic E-state index is 12.9. The molecular formula is C21H25NO3S. The second kappa shape index (κ2) is 8.04. The normalized spacial score (nSPS) is 17.3. The first-order valence-electron chi connectivity index (χ1n) is 9.13. The number of methoxy groups -OCH3 is 1. The molecule has 4 nitrogen and oxygen atoms in total. The molecule has 1 aliphatic carbocycles. The minimum absolute atomic E-state index is 0.0736. The zero-order valence-corrected chi connectivity index (χ0v) is 16.3. The molecule has 0 saturated heterocycles. The molecule has 0 radical (unpaired) electrons. The predicted molar refractivity (Wildman–Crippen MR) is 105 cm³/mol. The van der Waals surface area contributed by atoms with Crippen LogP contribution in [0.3, 0.4) is 0 Å². The molecule has 0 aliphatic heterocycles. The molecule has 1 aromatic heterocycles. The molecule has 0 spiro atoms. The van der Waals surface area contributed by atoms with Gasteiger partial charge in [-0.05, 0) is 42.7 Å². The molecule has 1 aliphatic rings. The summed E-state index contributed by atoms with van der Waals surface area (Å²) in [5.74, 6) is -0.0710. The Morgan fingerprint density at radius 3 is 2.69 bits per heavy atom. The number of benzene rings is 1. The van der Waals surface area contributed by atoms with E-state index in [9.17, 15) is 9.59 Å². The van der Waals surface area contributed by atoms with Crippen molar-refractivity contribution in [2.75, 3.05) is 12.4 Å². The van der Waals surface area contributed by atoms with Gasteiger partial charge in [-0.15, -0.1) is 11.3 Å². The van der Waals surface area contributed by atoms with Crippen LogP contribution in [0.25, 0.3) is 0 Å². The summed E-state index contributed by atoms with van der Waals surface area (Å²) in [6.45, 7) is 4.22. The Hall–Kier alpha value is -2.14. The van der Waals surface area contributed by atoms with Crippen LogP contribution in [0.5, 0.6) is 0 Å². The number of carbonyl (C=O) groups is 2. The van der Waals surface area contributed by atoms with Crippen molar-refractivity contribution in [2.45, 2.75) is 45.4 Å². The van der Waals surface area contributed by atoms with Gasteiger partial charge in [0.05, 0.1) is 18.6 Å². The minimum atomic E-state index is -0.361. The molecule has 0 saturated carbocycles. The van der Waals surface area contributed by atoms with Gasteiger partial charge in [0, 0.05) is 4.88 Å². The zero-order valence-electron chi connectivity index (χ0n) is 15.5. The van der Waals surface area contributed by atoms with Gasteiger partial charge in [0.2, 0.25) is 5.91 Å². The molecule has 2 atom stereocenters. The molecule has 1 heterocycles. The van der Waals surface area contributed by atoms with E-state index in [0.29, 0.717) is 22.9 Å². The predicted octanol–water partition coefficient (Wildman–Crippen LogP) is 4.79. The van der Waals surface area contributed by atoms with Crippen molar-refractivity contribution in [3.63, 3.8) is 0 Å². The molecule has 0 bridgehead atoms. The summed E-state index contributed by atoms with van der Waals surface area (Å²) in [5.41, 5.74) is 2.60. The van der Waals surface area contributed by atoms with E-state index < -0.39 is 0 Å². The van der Waals surface area contributed by atoms with Crippen LogP contribution in [0.1, 0.15) is 59.0 Å². The van der Waals surface area contributed by atoms with Crippen molar-refractivity contribution in [1.29, 1.82) is 0 Å². The topological polar surface area (TPSA) is 55.4 Å². The van der Waals surface area contributed by atoms with Gasteiger partial charge in [0.15, 0.2) is 0 Å². The molecule has 2 unspecified atom stereocenters. The Morgan fingerprint density at radius 1 is 1.31 bits per heavy atom. The molecule has 138 valence electrons. The Morgan fingerprint density at radius 2 is 2.04 bits per heavy atom. The number of thiophene rings is 1. The summed E-state index contributed by atoms with van der Waals surface area (Å²) in [7, 11) is 1.39. The lowest BCUT2D eigenvalue weighted by Gasteiger charge is -2.18. The molecular weight excluding hydrogens is 346 g/mol. The lowest BCUT2D eigenvalue weighted by atomic mass is 9.88. The summed E-state index contributed by atoms with van der Waals surface area (Å²) in [5, 5.41) is 3.66. The largest absolute Gasteiger partial charge is 0.465 e. The molecule has 0 fully saturated rings. The van der Waals surface area contributed by atoms with E-state index in [4.69, 9.17) is 4.74 Å². The average Bonchev–Trinajstić information content (AvgIpc) is 2.99. The van der Waals surface area contributed by atoms with E-state index >= 15 is 0 Å². The number of amides is 1. The first kappa shape index (κ1) is 18.6. The van der Waals surface area contributed by atoms with E-state index in [0.717, 1.165) is 30.4 Å². The number of anilines is 1. The highest BCUT2D eigenvalue weighted by Gasteiger charge is 2.30. The summed E-state index contributed by atoms with van der Waals surface area (Å²) in [6.07, 6.45) is 3.58. The van der Waals surface area contributed by atoms with Crippen molar-refractivity contribution in [2.24, 2.45) is 5.92 Å². The van der Waals surface area contributed by atoms with Crippen LogP contribution >= 0.6 is 11.3 Å². The van der Waals surface area contributed by atoms with Crippen molar-refractivity contribution in [1.82, 2.24) is 0 Å². The number of hydrogen-bond donors (Lipinski definition) is 1. The van der Waals surface area contributed by atoms with Gasteiger partial charge >= 0.3 is 5.97 Å². The number of fused-ring (bicyclic) bond motifs is 1. The van der Waals surface area contributed by atoms with Crippen molar-refractivity contribution < 1.29 is 14.3 Å². The Balaban J connectivity index is 1.91. The van der Waals surface area contributed by atoms with Crippen LogP contribution in [0.15, 0.2) is 30.3 Å². The van der Waals surface area contributed by atoms with E-state index in [1.807, 2.05) is 37.3 Å². The Kier molecular flexibility index (Phi) is 5.77. The number of esters is 1. The van der Waals surface area contributed by atoms with Gasteiger partial charge in [-0.2, -0.15) is 0 Å². The zero-order chi connectivity index (χ0) is 18.7.